The molecule has 1 aliphatic rings. The summed E-state index contributed by atoms with van der Waals surface area (Å²) in [5.41, 5.74) is 2.80. The average Bonchev–Trinajstić information content (AvgIpc) is 3.09. The Morgan fingerprint density at radius 2 is 2.04 bits per heavy atom. The van der Waals surface area contributed by atoms with E-state index >= 15 is 0 Å². The molecule has 0 saturated heterocycles. The largest absolute Gasteiger partial charge is 0.454 e. The fourth-order valence-electron chi connectivity index (χ4n) is 2.85. The Bertz CT molecular complexity index is 1020. The molecule has 4 rings (SSSR count). The number of carbonyl (C=O) groups excluding carboxylic acids is 2. The van der Waals surface area contributed by atoms with E-state index in [1.165, 1.54) is 16.3 Å². The van der Waals surface area contributed by atoms with E-state index in [-0.39, 0.29) is 31.1 Å². The lowest BCUT2D eigenvalue weighted by atomic mass is 10.1. The number of aromatic nitrogens is 1. The maximum atomic E-state index is 12.4. The van der Waals surface area contributed by atoms with Crippen molar-refractivity contribution in [2.24, 2.45) is 5.10 Å². The van der Waals surface area contributed by atoms with Crippen molar-refractivity contribution in [1.82, 2.24) is 4.98 Å². The topological polar surface area (TPSA) is 71.9 Å². The molecule has 0 bridgehead atoms. The number of hydrogen-bond acceptors (Lipinski definition) is 6. The summed E-state index contributed by atoms with van der Waals surface area (Å²) in [5, 5.41) is 6.25. The molecule has 136 valence electrons. The van der Waals surface area contributed by atoms with Crippen LogP contribution in [-0.2, 0) is 20.9 Å². The third-order valence-electron chi connectivity index (χ3n) is 4.18. The number of rotatable bonds is 4. The number of ether oxygens (including phenoxy) is 1. The van der Waals surface area contributed by atoms with Crippen molar-refractivity contribution in [2.75, 3.05) is 5.01 Å². The van der Waals surface area contributed by atoms with Crippen molar-refractivity contribution in [3.63, 3.8) is 0 Å². The van der Waals surface area contributed by atoms with Crippen LogP contribution in [0, 0.1) is 6.92 Å². The van der Waals surface area contributed by atoms with Crippen LogP contribution in [0.2, 0.25) is 0 Å². The summed E-state index contributed by atoms with van der Waals surface area (Å²) in [7, 11) is 0. The van der Waals surface area contributed by atoms with E-state index < -0.39 is 5.97 Å². The van der Waals surface area contributed by atoms with Gasteiger partial charge in [-0.1, -0.05) is 24.3 Å². The number of esters is 1. The zero-order chi connectivity index (χ0) is 18.8. The Morgan fingerprint density at radius 1 is 1.19 bits per heavy atom. The number of benzene rings is 2. The summed E-state index contributed by atoms with van der Waals surface area (Å²) >= 11 is 1.49. The minimum atomic E-state index is -0.514. The highest BCUT2D eigenvalue weighted by atomic mass is 32.1. The lowest BCUT2D eigenvalue weighted by Gasteiger charge is -2.23. The first-order valence-corrected chi connectivity index (χ1v) is 9.40. The molecule has 0 atom stereocenters. The van der Waals surface area contributed by atoms with Crippen molar-refractivity contribution in [3.05, 3.63) is 59.1 Å². The van der Waals surface area contributed by atoms with Gasteiger partial charge in [0.1, 0.15) is 17.3 Å². The van der Waals surface area contributed by atoms with Gasteiger partial charge in [0.2, 0.25) is 5.91 Å². The molecule has 0 aliphatic carbocycles. The molecule has 27 heavy (non-hydrogen) atoms. The molecule has 3 aromatic rings. The number of carbonyl (C=O) groups is 2. The van der Waals surface area contributed by atoms with Crippen molar-refractivity contribution < 1.29 is 14.3 Å². The molecule has 1 amide bonds. The Kier molecular flexibility index (Phi) is 4.68. The minimum absolute atomic E-state index is 0.0928. The molecule has 1 aliphatic heterocycles. The normalized spacial score (nSPS) is 14.3. The van der Waals surface area contributed by atoms with E-state index in [4.69, 9.17) is 4.74 Å². The van der Waals surface area contributed by atoms with Gasteiger partial charge in [-0.3, -0.25) is 4.79 Å². The number of amides is 1. The molecule has 0 N–H and O–H groups in total. The third kappa shape index (κ3) is 3.73. The van der Waals surface area contributed by atoms with E-state index in [0.29, 0.717) is 5.69 Å². The molecule has 6 nitrogen and oxygen atoms in total. The van der Waals surface area contributed by atoms with Crippen LogP contribution in [0.25, 0.3) is 10.2 Å². The Labute approximate surface area is 160 Å². The fourth-order valence-corrected chi connectivity index (χ4v) is 3.73. The van der Waals surface area contributed by atoms with Crippen LogP contribution >= 0.6 is 11.3 Å². The van der Waals surface area contributed by atoms with Crippen LogP contribution in [-0.4, -0.2) is 22.6 Å². The van der Waals surface area contributed by atoms with Gasteiger partial charge >= 0.3 is 5.97 Å². The van der Waals surface area contributed by atoms with E-state index in [0.717, 1.165) is 20.8 Å². The molecule has 7 heteroatoms. The third-order valence-corrected chi connectivity index (χ3v) is 5.19. The molecule has 0 unspecified atom stereocenters. The van der Waals surface area contributed by atoms with E-state index in [1.54, 1.807) is 6.07 Å². The molecule has 0 saturated carbocycles. The molecule has 0 radical (unpaired) electrons. The van der Waals surface area contributed by atoms with Crippen LogP contribution in [0.4, 0.5) is 5.69 Å². The second-order valence-electron chi connectivity index (χ2n) is 6.24. The van der Waals surface area contributed by atoms with Gasteiger partial charge < -0.3 is 4.74 Å². The number of hydrazone groups is 1. The summed E-state index contributed by atoms with van der Waals surface area (Å²) in [6, 6.07) is 15.2. The van der Waals surface area contributed by atoms with Crippen LogP contribution in [0.15, 0.2) is 53.6 Å². The van der Waals surface area contributed by atoms with Crippen molar-refractivity contribution in [2.45, 2.75) is 26.4 Å². The number of thiazole rings is 1. The average molecular weight is 379 g/mol. The summed E-state index contributed by atoms with van der Waals surface area (Å²) in [5.74, 6) is -0.650. The monoisotopic (exact) mass is 379 g/mol. The van der Waals surface area contributed by atoms with Gasteiger partial charge in [-0.25, -0.2) is 14.8 Å². The lowest BCUT2D eigenvalue weighted by molar-refractivity contribution is -0.137. The molecule has 1 aromatic heterocycles. The van der Waals surface area contributed by atoms with Crippen LogP contribution < -0.4 is 5.01 Å². The van der Waals surface area contributed by atoms with Gasteiger partial charge in [-0.15, -0.1) is 11.3 Å². The zero-order valence-electron chi connectivity index (χ0n) is 14.7. The molecule has 2 heterocycles. The number of hydrogen-bond donors (Lipinski definition) is 0. The van der Waals surface area contributed by atoms with Gasteiger partial charge in [0.05, 0.1) is 15.9 Å². The highest BCUT2D eigenvalue weighted by molar-refractivity contribution is 7.18. The van der Waals surface area contributed by atoms with Gasteiger partial charge in [-0.2, -0.15) is 5.10 Å². The van der Waals surface area contributed by atoms with E-state index in [1.807, 2.05) is 49.4 Å². The maximum Gasteiger partial charge on any atom is 0.354 e. The Hall–Kier alpha value is -3.06. The van der Waals surface area contributed by atoms with Crippen molar-refractivity contribution >= 4 is 44.8 Å². The SMILES string of the molecule is Cc1cccc(N2N=C(C(=O)OCc3nc4ccccc4s3)CCC2=O)c1. The van der Waals surface area contributed by atoms with Crippen LogP contribution in [0.5, 0.6) is 0 Å². The fraction of sp³-hybridized carbons (Fsp3) is 0.200. The highest BCUT2D eigenvalue weighted by Gasteiger charge is 2.26. The number of nitrogens with zero attached hydrogens (tertiary/aromatic N) is 3. The zero-order valence-corrected chi connectivity index (χ0v) is 15.5. The number of anilines is 1. The molecular weight excluding hydrogens is 362 g/mol. The van der Waals surface area contributed by atoms with E-state index in [2.05, 4.69) is 10.1 Å². The maximum absolute atomic E-state index is 12.4. The second-order valence-corrected chi connectivity index (χ2v) is 7.36. The first-order chi connectivity index (χ1) is 13.1. The first-order valence-electron chi connectivity index (χ1n) is 8.59. The van der Waals surface area contributed by atoms with Crippen LogP contribution in [0.3, 0.4) is 0 Å². The molecule has 2 aromatic carbocycles. The number of para-hydroxylation sites is 1. The quantitative estimate of drug-likeness (QED) is 0.646. The standard InChI is InChI=1S/C20H17N3O3S/c1-13-5-4-6-14(11-13)23-19(24)10-9-16(22-23)20(25)26-12-18-21-15-7-2-3-8-17(15)27-18/h2-8,11H,9-10,12H2,1H3. The smallest absolute Gasteiger partial charge is 0.354 e. The number of aryl methyl sites for hydroxylation is 1. The molecule has 0 spiro atoms. The highest BCUT2D eigenvalue weighted by Crippen LogP contribution is 2.23. The van der Waals surface area contributed by atoms with Gasteiger partial charge in [-0.05, 0) is 36.8 Å². The Balaban J connectivity index is 1.48. The van der Waals surface area contributed by atoms with Crippen molar-refractivity contribution in [3.8, 4) is 0 Å². The molecule has 0 fully saturated rings. The molecular formula is C20H17N3O3S. The lowest BCUT2D eigenvalue weighted by Crippen LogP contribution is -2.34. The predicted molar refractivity (Wildman–Crippen MR) is 105 cm³/mol. The summed E-state index contributed by atoms with van der Waals surface area (Å²) < 4.78 is 6.43. The van der Waals surface area contributed by atoms with Crippen LogP contribution in [0.1, 0.15) is 23.4 Å². The van der Waals surface area contributed by atoms with Crippen molar-refractivity contribution in [1.29, 1.82) is 0 Å². The Morgan fingerprint density at radius 3 is 2.85 bits per heavy atom. The minimum Gasteiger partial charge on any atom is -0.454 e. The first kappa shape index (κ1) is 17.4. The number of fused-ring (bicyclic) bond motifs is 1. The van der Waals surface area contributed by atoms with E-state index in [9.17, 15) is 9.59 Å². The predicted octanol–water partition coefficient (Wildman–Crippen LogP) is 3.83. The van der Waals surface area contributed by atoms with Gasteiger partial charge in [0, 0.05) is 12.8 Å². The summed E-state index contributed by atoms with van der Waals surface area (Å²) in [6.45, 7) is 2.03. The summed E-state index contributed by atoms with van der Waals surface area (Å²) in [6.07, 6.45) is 0.503. The second kappa shape index (κ2) is 7.28. The van der Waals surface area contributed by atoms with Gasteiger partial charge in [0.15, 0.2) is 0 Å². The summed E-state index contributed by atoms with van der Waals surface area (Å²) in [4.78, 5) is 29.1. The van der Waals surface area contributed by atoms with Gasteiger partial charge in [0.25, 0.3) is 0 Å².